The molecule has 66 valence electrons. The molecule has 0 rings (SSSR count). The minimum Gasteiger partial charge on any atom is -1.00 e. The Morgan fingerprint density at radius 2 is 2.00 bits per heavy atom. The van der Waals surface area contributed by atoms with Crippen molar-refractivity contribution in [1.29, 1.82) is 0 Å². The van der Waals surface area contributed by atoms with Crippen LogP contribution in [0.5, 0.6) is 0 Å². The van der Waals surface area contributed by atoms with Crippen LogP contribution in [0.15, 0.2) is 0 Å². The summed E-state index contributed by atoms with van der Waals surface area (Å²) >= 11 is 3.73. The van der Waals surface area contributed by atoms with Gasteiger partial charge in [0, 0.05) is 12.7 Å². The van der Waals surface area contributed by atoms with Crippen LogP contribution in [0.2, 0.25) is 0 Å². The Hall–Kier alpha value is 0.580. The van der Waals surface area contributed by atoms with Gasteiger partial charge in [-0.25, -0.2) is 4.79 Å². The van der Waals surface area contributed by atoms with Crippen LogP contribution in [0.3, 0.4) is 0 Å². The number of thiol groups is 1. The second-order valence-electron chi connectivity index (χ2n) is 1.77. The molecule has 0 saturated carbocycles. The van der Waals surface area contributed by atoms with Crippen LogP contribution >= 0.6 is 12.6 Å². The minimum absolute atomic E-state index is 0. The first kappa shape index (κ1) is 18.4. The van der Waals surface area contributed by atoms with E-state index in [1.54, 1.807) is 0 Å². The number of rotatable bonds is 3. The fourth-order valence-corrected chi connectivity index (χ4v) is 0.678. The predicted molar refractivity (Wildman–Crippen MR) is 39.1 cm³/mol. The average molecular weight is 222 g/mol. The fraction of sp³-hybridized carbons (Fsp3) is 0.600. The molecule has 12 heavy (non-hydrogen) atoms. The van der Waals surface area contributed by atoms with Crippen molar-refractivity contribution in [1.82, 2.24) is 5.32 Å². The van der Waals surface area contributed by atoms with Crippen molar-refractivity contribution in [2.75, 3.05) is 5.75 Å². The van der Waals surface area contributed by atoms with Crippen LogP contribution in [0.4, 0.5) is 0 Å². The molecular formula is C5H9ClNNaO3S. The molecule has 0 heterocycles. The zero-order chi connectivity index (χ0) is 8.15. The van der Waals surface area contributed by atoms with Gasteiger partial charge < -0.3 is 22.8 Å². The maximum Gasteiger partial charge on any atom is 1.00 e. The Kier molecular flexibility index (Phi) is 14.8. The average Bonchev–Trinajstić information content (AvgIpc) is 1.81. The van der Waals surface area contributed by atoms with E-state index in [9.17, 15) is 9.59 Å². The van der Waals surface area contributed by atoms with E-state index in [-0.39, 0.29) is 53.6 Å². The summed E-state index contributed by atoms with van der Waals surface area (Å²) < 4.78 is 0. The predicted octanol–water partition coefficient (Wildman–Crippen LogP) is -6.49. The van der Waals surface area contributed by atoms with E-state index in [4.69, 9.17) is 5.11 Å². The molecule has 1 atom stereocenters. The van der Waals surface area contributed by atoms with E-state index in [1.807, 2.05) is 0 Å². The molecule has 0 spiro atoms. The molecule has 0 aliphatic carbocycles. The molecule has 2 N–H and O–H groups in total. The monoisotopic (exact) mass is 221 g/mol. The van der Waals surface area contributed by atoms with Gasteiger partial charge in [0.1, 0.15) is 6.04 Å². The van der Waals surface area contributed by atoms with Crippen LogP contribution in [0.25, 0.3) is 0 Å². The van der Waals surface area contributed by atoms with Crippen molar-refractivity contribution in [3.8, 4) is 0 Å². The Balaban J connectivity index is -0.000000405. The largest absolute Gasteiger partial charge is 1.00 e. The Morgan fingerprint density at radius 3 is 2.08 bits per heavy atom. The van der Waals surface area contributed by atoms with Gasteiger partial charge in [-0.3, -0.25) is 4.79 Å². The molecule has 0 saturated heterocycles. The number of halogens is 1. The van der Waals surface area contributed by atoms with E-state index in [1.165, 1.54) is 6.92 Å². The molecule has 0 bridgehead atoms. The molecule has 0 fully saturated rings. The number of carboxylic acid groups (broad SMARTS) is 1. The number of aliphatic carboxylic acids is 1. The van der Waals surface area contributed by atoms with E-state index in [0.29, 0.717) is 0 Å². The van der Waals surface area contributed by atoms with Gasteiger partial charge in [-0.05, 0) is 0 Å². The Morgan fingerprint density at radius 1 is 1.58 bits per heavy atom. The Labute approximate surface area is 105 Å². The summed E-state index contributed by atoms with van der Waals surface area (Å²) in [5, 5.41) is 10.6. The number of carbonyl (C=O) groups excluding carboxylic acids is 1. The first-order valence-electron chi connectivity index (χ1n) is 2.68. The van der Waals surface area contributed by atoms with Crippen molar-refractivity contribution in [2.24, 2.45) is 0 Å². The number of amides is 1. The zero-order valence-corrected chi connectivity index (χ0v) is 10.5. The van der Waals surface area contributed by atoms with E-state index >= 15 is 0 Å². The minimum atomic E-state index is -1.06. The van der Waals surface area contributed by atoms with Crippen molar-refractivity contribution < 1.29 is 56.7 Å². The van der Waals surface area contributed by atoms with Gasteiger partial charge >= 0.3 is 35.5 Å². The first-order chi connectivity index (χ1) is 4.57. The number of hydrogen-bond acceptors (Lipinski definition) is 3. The molecular weight excluding hydrogens is 213 g/mol. The van der Waals surface area contributed by atoms with Crippen LogP contribution in [0, 0.1) is 0 Å². The van der Waals surface area contributed by atoms with Gasteiger partial charge in [0.2, 0.25) is 5.91 Å². The Bertz CT molecular complexity index is 158. The van der Waals surface area contributed by atoms with Gasteiger partial charge in [-0.15, -0.1) is 0 Å². The number of hydrogen-bond donors (Lipinski definition) is 3. The maximum absolute atomic E-state index is 10.3. The number of carboxylic acids is 1. The molecule has 7 heteroatoms. The first-order valence-corrected chi connectivity index (χ1v) is 3.32. The summed E-state index contributed by atoms with van der Waals surface area (Å²) in [6.45, 7) is 1.26. The van der Waals surface area contributed by atoms with Gasteiger partial charge in [0.25, 0.3) is 0 Å². The molecule has 0 aliphatic rings. The van der Waals surface area contributed by atoms with E-state index in [2.05, 4.69) is 17.9 Å². The van der Waals surface area contributed by atoms with Gasteiger partial charge in [0.15, 0.2) is 0 Å². The molecule has 0 radical (unpaired) electrons. The van der Waals surface area contributed by atoms with Crippen molar-refractivity contribution in [3.63, 3.8) is 0 Å². The summed E-state index contributed by atoms with van der Waals surface area (Å²) in [6, 6.07) is -0.874. The number of carbonyl (C=O) groups is 2. The summed E-state index contributed by atoms with van der Waals surface area (Å²) in [5.74, 6) is -1.32. The summed E-state index contributed by atoms with van der Waals surface area (Å²) in [4.78, 5) is 20.5. The molecule has 0 aromatic carbocycles. The van der Waals surface area contributed by atoms with Crippen LogP contribution in [-0.2, 0) is 9.59 Å². The van der Waals surface area contributed by atoms with Crippen LogP contribution in [-0.4, -0.2) is 28.8 Å². The standard InChI is InChI=1S/C5H9NO3S.ClH.Na/c1-3(7)6-4(2-10)5(8)9;;/h4,10H,2H2,1H3,(H,6,7)(H,8,9);1H;/q;;+1/p-1/t4-;;/m0../s1. The maximum atomic E-state index is 10.3. The summed E-state index contributed by atoms with van der Waals surface area (Å²) in [7, 11) is 0. The second-order valence-corrected chi connectivity index (χ2v) is 2.14. The van der Waals surface area contributed by atoms with Crippen molar-refractivity contribution >= 4 is 24.5 Å². The molecule has 0 aliphatic heterocycles. The summed E-state index contributed by atoms with van der Waals surface area (Å²) in [5.41, 5.74) is 0. The van der Waals surface area contributed by atoms with Crippen molar-refractivity contribution in [2.45, 2.75) is 13.0 Å². The number of nitrogens with one attached hydrogen (secondary N) is 1. The second kappa shape index (κ2) is 9.67. The fourth-order valence-electron chi connectivity index (χ4n) is 0.431. The van der Waals surface area contributed by atoms with Gasteiger partial charge in [-0.1, -0.05) is 0 Å². The SMILES string of the molecule is CC(=O)N[C@@H](CS)C(=O)O.[Cl-].[Na+]. The molecule has 1 amide bonds. The van der Waals surface area contributed by atoms with Crippen LogP contribution < -0.4 is 47.3 Å². The molecule has 0 aromatic rings. The normalized spacial score (nSPS) is 10.2. The topological polar surface area (TPSA) is 66.4 Å². The molecule has 0 aromatic heterocycles. The quantitative estimate of drug-likeness (QED) is 0.328. The van der Waals surface area contributed by atoms with Crippen molar-refractivity contribution in [3.05, 3.63) is 0 Å². The van der Waals surface area contributed by atoms with Gasteiger partial charge in [0.05, 0.1) is 0 Å². The molecule has 4 nitrogen and oxygen atoms in total. The van der Waals surface area contributed by atoms with E-state index in [0.717, 1.165) is 0 Å². The third-order valence-electron chi connectivity index (χ3n) is 0.858. The van der Waals surface area contributed by atoms with Gasteiger partial charge in [-0.2, -0.15) is 12.6 Å². The molecule has 0 unspecified atom stereocenters. The third kappa shape index (κ3) is 8.67. The zero-order valence-electron chi connectivity index (χ0n) is 6.87. The third-order valence-corrected chi connectivity index (χ3v) is 1.22. The van der Waals surface area contributed by atoms with Crippen LogP contribution in [0.1, 0.15) is 6.92 Å². The summed E-state index contributed by atoms with van der Waals surface area (Å²) in [6.07, 6.45) is 0. The smallest absolute Gasteiger partial charge is 1.00 e. The van der Waals surface area contributed by atoms with E-state index < -0.39 is 12.0 Å².